The van der Waals surface area contributed by atoms with Gasteiger partial charge in [-0.15, -0.1) is 0 Å². The molecular weight excluding hydrogens is 1020 g/mol. The molecule has 0 aliphatic rings. The molecule has 0 rings (SSSR count). The molecule has 0 fully saturated rings. The number of aliphatic hydroxyl groups excluding tert-OH is 1. The van der Waals surface area contributed by atoms with Crippen molar-refractivity contribution in [3.63, 3.8) is 0 Å². The van der Waals surface area contributed by atoms with Crippen molar-refractivity contribution in [2.24, 2.45) is 0 Å². The molecule has 1 amide bonds. The molecule has 0 saturated carbocycles. The Hall–Kier alpha value is -1.28. The zero-order valence-electron chi connectivity index (χ0n) is 55.1. The summed E-state index contributed by atoms with van der Waals surface area (Å²) in [5, 5.41) is 14.2. The monoisotopic (exact) mass is 1160 g/mol. The SMILES string of the molecule is CCCCCCC/C=C\C/C=C\C/C=C\CCCCCCCCCCCCCCCCCCCCCCC(=O)NC(COP(=O)(O)OCC[N+](C)(C)C)C(O)CCCCCCCCCCCCCCCCCCCCCCCCCC. The van der Waals surface area contributed by atoms with Crippen molar-refractivity contribution in [1.29, 1.82) is 0 Å². The van der Waals surface area contributed by atoms with Crippen LogP contribution in [0.3, 0.4) is 0 Å². The van der Waals surface area contributed by atoms with E-state index in [1.807, 2.05) is 21.1 Å². The lowest BCUT2D eigenvalue weighted by Gasteiger charge is -2.26. The van der Waals surface area contributed by atoms with Crippen LogP contribution in [0.15, 0.2) is 36.5 Å². The highest BCUT2D eigenvalue weighted by atomic mass is 31.2. The minimum Gasteiger partial charge on any atom is -0.391 e. The molecule has 9 heteroatoms. The number of hydrogen-bond acceptors (Lipinski definition) is 5. The number of nitrogens with one attached hydrogen (secondary N) is 1. The third kappa shape index (κ3) is 66.1. The van der Waals surface area contributed by atoms with Gasteiger partial charge in [0.2, 0.25) is 5.91 Å². The number of unbranched alkanes of at least 4 members (excludes halogenated alkanes) is 48. The van der Waals surface area contributed by atoms with Crippen LogP contribution in [0.25, 0.3) is 0 Å². The molecule has 0 aromatic rings. The van der Waals surface area contributed by atoms with Gasteiger partial charge >= 0.3 is 7.82 Å². The van der Waals surface area contributed by atoms with Crippen LogP contribution >= 0.6 is 7.82 Å². The zero-order valence-corrected chi connectivity index (χ0v) is 55.9. The lowest BCUT2D eigenvalue weighted by Crippen LogP contribution is -2.46. The Kier molecular flexibility index (Phi) is 62.2. The number of carbonyl (C=O) groups excluding carboxylic acids is 1. The number of phosphoric acid groups is 1. The van der Waals surface area contributed by atoms with Gasteiger partial charge in [0, 0.05) is 6.42 Å². The highest BCUT2D eigenvalue weighted by molar-refractivity contribution is 7.47. The predicted octanol–water partition coefficient (Wildman–Crippen LogP) is 22.8. The standard InChI is InChI=1S/C72H141N2O6P/c1-6-8-10-12-14-16-18-20-22-24-26-28-30-32-33-34-35-36-37-38-39-40-41-42-44-46-48-50-52-54-56-58-60-62-64-66-72(76)73-70(69-80-81(77,78)79-68-67-74(3,4)5)71(75)65-63-61-59-57-55-53-51-49-47-45-43-31-29-27-25-23-21-19-17-15-13-11-9-7-2/h18,20,24,26,30,32,70-71,75H,6-17,19,21-23,25,27-29,31,33-69H2,1-5H3,(H-,73,76,77,78)/p+1/b20-18-,26-24-,32-30-. The van der Waals surface area contributed by atoms with E-state index in [4.69, 9.17) is 9.05 Å². The van der Waals surface area contributed by atoms with Crippen LogP contribution in [0.4, 0.5) is 0 Å². The van der Waals surface area contributed by atoms with Crippen LogP contribution in [-0.2, 0) is 18.4 Å². The van der Waals surface area contributed by atoms with Crippen molar-refractivity contribution >= 4 is 13.7 Å². The Balaban J connectivity index is 3.97. The quantitative estimate of drug-likeness (QED) is 0.0243. The van der Waals surface area contributed by atoms with E-state index in [2.05, 4.69) is 55.6 Å². The average molecular weight is 1160 g/mol. The van der Waals surface area contributed by atoms with Crippen molar-refractivity contribution in [1.82, 2.24) is 5.32 Å². The molecule has 480 valence electrons. The summed E-state index contributed by atoms with van der Waals surface area (Å²) < 4.78 is 23.9. The maximum atomic E-state index is 13.1. The largest absolute Gasteiger partial charge is 0.472 e. The summed E-state index contributed by atoms with van der Waals surface area (Å²) in [5.41, 5.74) is 0. The van der Waals surface area contributed by atoms with Gasteiger partial charge in [-0.1, -0.05) is 346 Å². The number of allylic oxidation sites excluding steroid dienone is 6. The normalized spacial score (nSPS) is 13.8. The third-order valence-electron chi connectivity index (χ3n) is 16.6. The molecule has 0 spiro atoms. The maximum absolute atomic E-state index is 13.1. The second-order valence-electron chi connectivity index (χ2n) is 26.0. The zero-order chi connectivity index (χ0) is 59.1. The van der Waals surface area contributed by atoms with Crippen molar-refractivity contribution in [2.45, 2.75) is 379 Å². The molecule has 3 N–H and O–H groups in total. The van der Waals surface area contributed by atoms with Gasteiger partial charge in [-0.2, -0.15) is 0 Å². The van der Waals surface area contributed by atoms with Gasteiger partial charge in [0.05, 0.1) is 39.9 Å². The fourth-order valence-corrected chi connectivity index (χ4v) is 11.8. The van der Waals surface area contributed by atoms with E-state index in [0.29, 0.717) is 23.9 Å². The number of aliphatic hydroxyl groups is 1. The number of hydrogen-bond donors (Lipinski definition) is 3. The molecule has 0 heterocycles. The second kappa shape index (κ2) is 63.2. The van der Waals surface area contributed by atoms with Crippen LogP contribution in [0, 0.1) is 0 Å². The molecule has 3 atom stereocenters. The van der Waals surface area contributed by atoms with E-state index in [9.17, 15) is 19.4 Å². The van der Waals surface area contributed by atoms with Crippen LogP contribution in [0.1, 0.15) is 367 Å². The Morgan fingerprint density at radius 1 is 0.420 bits per heavy atom. The van der Waals surface area contributed by atoms with E-state index in [-0.39, 0.29) is 19.1 Å². The summed E-state index contributed by atoms with van der Waals surface area (Å²) in [5.74, 6) is -0.136. The lowest BCUT2D eigenvalue weighted by atomic mass is 10.0. The summed E-state index contributed by atoms with van der Waals surface area (Å²) >= 11 is 0. The average Bonchev–Trinajstić information content (AvgIpc) is 3.43. The molecule has 0 aliphatic heterocycles. The number of quaternary nitrogens is 1. The van der Waals surface area contributed by atoms with E-state index in [0.717, 1.165) is 51.4 Å². The molecule has 0 bridgehead atoms. The minimum absolute atomic E-state index is 0.0769. The number of nitrogens with zero attached hydrogens (tertiary/aromatic N) is 1. The minimum atomic E-state index is -4.33. The molecule has 8 nitrogen and oxygen atoms in total. The first-order chi connectivity index (χ1) is 39.5. The Morgan fingerprint density at radius 2 is 0.704 bits per heavy atom. The van der Waals surface area contributed by atoms with Gasteiger partial charge in [-0.3, -0.25) is 13.8 Å². The third-order valence-corrected chi connectivity index (χ3v) is 17.6. The topological polar surface area (TPSA) is 105 Å². The van der Waals surface area contributed by atoms with Gasteiger partial charge in [0.15, 0.2) is 0 Å². The Morgan fingerprint density at radius 3 is 1.02 bits per heavy atom. The van der Waals surface area contributed by atoms with Gasteiger partial charge < -0.3 is 19.8 Å². The molecule has 0 radical (unpaired) electrons. The predicted molar refractivity (Wildman–Crippen MR) is 355 cm³/mol. The smallest absolute Gasteiger partial charge is 0.391 e. The van der Waals surface area contributed by atoms with Gasteiger partial charge in [0.25, 0.3) is 0 Å². The summed E-state index contributed by atoms with van der Waals surface area (Å²) in [6, 6.07) is -0.760. The first-order valence-corrected chi connectivity index (χ1v) is 37.3. The first kappa shape index (κ1) is 79.7. The van der Waals surface area contributed by atoms with Crippen LogP contribution in [-0.4, -0.2) is 73.4 Å². The fraction of sp³-hybridized carbons (Fsp3) is 0.903. The summed E-state index contributed by atoms with van der Waals surface area (Å²) in [6.45, 7) is 4.93. The number of amides is 1. The summed E-state index contributed by atoms with van der Waals surface area (Å²) in [4.78, 5) is 23.5. The molecular formula is C72H142N2O6P+. The van der Waals surface area contributed by atoms with Crippen molar-refractivity contribution in [3.05, 3.63) is 36.5 Å². The van der Waals surface area contributed by atoms with Crippen molar-refractivity contribution in [2.75, 3.05) is 40.9 Å². The van der Waals surface area contributed by atoms with E-state index < -0.39 is 20.0 Å². The number of carbonyl (C=O) groups is 1. The van der Waals surface area contributed by atoms with E-state index in [1.54, 1.807) is 0 Å². The molecule has 3 unspecified atom stereocenters. The Labute approximate surface area is 506 Å². The van der Waals surface area contributed by atoms with Crippen LogP contribution < -0.4 is 5.32 Å². The van der Waals surface area contributed by atoms with Gasteiger partial charge in [-0.25, -0.2) is 4.57 Å². The maximum Gasteiger partial charge on any atom is 0.472 e. The Bertz CT molecular complexity index is 1410. The first-order valence-electron chi connectivity index (χ1n) is 35.9. The van der Waals surface area contributed by atoms with E-state index in [1.165, 1.54) is 289 Å². The highest BCUT2D eigenvalue weighted by Crippen LogP contribution is 2.43. The van der Waals surface area contributed by atoms with Crippen LogP contribution in [0.5, 0.6) is 0 Å². The second-order valence-corrected chi connectivity index (χ2v) is 27.4. The fourth-order valence-electron chi connectivity index (χ4n) is 11.1. The molecule has 81 heavy (non-hydrogen) atoms. The number of phosphoric ester groups is 1. The molecule has 0 aromatic carbocycles. The molecule has 0 aromatic heterocycles. The van der Waals surface area contributed by atoms with Crippen LogP contribution in [0.2, 0.25) is 0 Å². The summed E-state index contributed by atoms with van der Waals surface area (Å²) in [7, 11) is 1.63. The number of rotatable bonds is 67. The van der Waals surface area contributed by atoms with Gasteiger partial charge in [0.1, 0.15) is 13.2 Å². The lowest BCUT2D eigenvalue weighted by molar-refractivity contribution is -0.870. The summed E-state index contributed by atoms with van der Waals surface area (Å²) in [6.07, 6.45) is 83.9. The van der Waals surface area contributed by atoms with E-state index >= 15 is 0 Å². The number of likely N-dealkylation sites (N-methyl/N-ethyl adjacent to an activating group) is 1. The van der Waals surface area contributed by atoms with Crippen molar-refractivity contribution < 1.29 is 32.9 Å². The molecule has 0 aliphatic carbocycles. The highest BCUT2D eigenvalue weighted by Gasteiger charge is 2.28. The van der Waals surface area contributed by atoms with Gasteiger partial charge in [-0.05, 0) is 51.4 Å². The van der Waals surface area contributed by atoms with Crippen molar-refractivity contribution in [3.8, 4) is 0 Å². The molecule has 0 saturated heterocycles.